The molecule has 1 heterocycles. The molecule has 0 aliphatic rings. The predicted octanol–water partition coefficient (Wildman–Crippen LogP) is 4.39. The molecule has 0 unspecified atom stereocenters. The van der Waals surface area contributed by atoms with Gasteiger partial charge in [0.25, 0.3) is 0 Å². The molecule has 1 nitrogen and oxygen atoms in total. The van der Waals surface area contributed by atoms with Gasteiger partial charge in [0.1, 0.15) is 5.82 Å². The van der Waals surface area contributed by atoms with Crippen LogP contribution >= 0.6 is 22.9 Å². The molecule has 0 spiro atoms. The lowest BCUT2D eigenvalue weighted by Gasteiger charge is -2.12. The first-order valence-electron chi connectivity index (χ1n) is 5.38. The Bertz CT molecular complexity index is 484. The predicted molar refractivity (Wildman–Crippen MR) is 71.0 cm³/mol. The van der Waals surface area contributed by atoms with Gasteiger partial charge in [0, 0.05) is 23.0 Å². The van der Waals surface area contributed by atoms with Gasteiger partial charge in [0.05, 0.1) is 5.02 Å². The van der Waals surface area contributed by atoms with Crippen molar-refractivity contribution in [3.05, 3.63) is 57.0 Å². The molecule has 0 aliphatic heterocycles. The average molecular weight is 270 g/mol. The Morgan fingerprint density at radius 2 is 2.18 bits per heavy atom. The van der Waals surface area contributed by atoms with E-state index in [9.17, 15) is 4.39 Å². The third-order valence-corrected chi connectivity index (χ3v) is 3.95. The maximum absolute atomic E-state index is 13.6. The molecule has 1 aromatic carbocycles. The van der Waals surface area contributed by atoms with E-state index in [2.05, 4.69) is 18.3 Å². The second kappa shape index (κ2) is 5.63. The molecule has 1 atom stereocenters. The summed E-state index contributed by atoms with van der Waals surface area (Å²) in [6.45, 7) is 2.54. The zero-order valence-corrected chi connectivity index (χ0v) is 11.0. The zero-order valence-electron chi connectivity index (χ0n) is 9.41. The van der Waals surface area contributed by atoms with Crippen LogP contribution in [0.4, 0.5) is 4.39 Å². The van der Waals surface area contributed by atoms with Gasteiger partial charge in [-0.3, -0.25) is 0 Å². The van der Waals surface area contributed by atoms with E-state index in [1.165, 1.54) is 4.88 Å². The van der Waals surface area contributed by atoms with E-state index < -0.39 is 0 Å². The van der Waals surface area contributed by atoms with Crippen molar-refractivity contribution in [2.75, 3.05) is 0 Å². The molecule has 1 aromatic heterocycles. The Kier molecular flexibility index (Phi) is 4.15. The lowest BCUT2D eigenvalue weighted by atomic mass is 10.2. The molecule has 1 N–H and O–H groups in total. The van der Waals surface area contributed by atoms with Crippen molar-refractivity contribution in [3.63, 3.8) is 0 Å². The van der Waals surface area contributed by atoms with Gasteiger partial charge in [0.2, 0.25) is 0 Å². The summed E-state index contributed by atoms with van der Waals surface area (Å²) in [5, 5.41) is 5.49. The Hall–Kier alpha value is -0.900. The fourth-order valence-electron chi connectivity index (χ4n) is 1.59. The molecule has 0 radical (unpaired) electrons. The first kappa shape index (κ1) is 12.6. The van der Waals surface area contributed by atoms with Gasteiger partial charge in [-0.1, -0.05) is 29.8 Å². The summed E-state index contributed by atoms with van der Waals surface area (Å²) < 4.78 is 13.6. The van der Waals surface area contributed by atoms with Crippen LogP contribution < -0.4 is 5.32 Å². The monoisotopic (exact) mass is 269 g/mol. The van der Waals surface area contributed by atoms with E-state index in [-0.39, 0.29) is 16.9 Å². The van der Waals surface area contributed by atoms with Crippen LogP contribution in [0, 0.1) is 5.82 Å². The van der Waals surface area contributed by atoms with Gasteiger partial charge < -0.3 is 5.32 Å². The van der Waals surface area contributed by atoms with Crippen molar-refractivity contribution in [1.29, 1.82) is 0 Å². The first-order chi connectivity index (χ1) is 8.18. The molecule has 2 rings (SSSR count). The lowest BCUT2D eigenvalue weighted by molar-refractivity contribution is 0.549. The molecule has 0 bridgehead atoms. The standard InChI is InChI=1S/C13H13ClFNS/c1-9(12-6-3-7-17-12)16-8-10-4-2-5-11(14)13(10)15/h2-7,9,16H,8H2,1H3/t9-/m0/s1. The molecule has 17 heavy (non-hydrogen) atoms. The summed E-state index contributed by atoms with van der Waals surface area (Å²) >= 11 is 7.42. The maximum atomic E-state index is 13.6. The summed E-state index contributed by atoms with van der Waals surface area (Å²) in [6.07, 6.45) is 0. The first-order valence-corrected chi connectivity index (χ1v) is 6.64. The topological polar surface area (TPSA) is 12.0 Å². The van der Waals surface area contributed by atoms with Crippen LogP contribution in [0.25, 0.3) is 0 Å². The van der Waals surface area contributed by atoms with Crippen molar-refractivity contribution in [2.45, 2.75) is 19.5 Å². The Labute approximate surface area is 109 Å². The van der Waals surface area contributed by atoms with Gasteiger partial charge in [-0.05, 0) is 24.4 Å². The molecular weight excluding hydrogens is 257 g/mol. The summed E-state index contributed by atoms with van der Waals surface area (Å²) in [6, 6.07) is 9.36. The smallest absolute Gasteiger partial charge is 0.146 e. The highest BCUT2D eigenvalue weighted by Gasteiger charge is 2.09. The third-order valence-electron chi connectivity index (χ3n) is 2.60. The quantitative estimate of drug-likeness (QED) is 0.868. The van der Waals surface area contributed by atoms with Gasteiger partial charge >= 0.3 is 0 Å². The second-order valence-corrected chi connectivity index (χ2v) is 5.22. The molecule has 0 amide bonds. The van der Waals surface area contributed by atoms with E-state index in [0.717, 1.165) is 0 Å². The molecule has 90 valence electrons. The van der Waals surface area contributed by atoms with Gasteiger partial charge in [-0.2, -0.15) is 0 Å². The molecule has 2 aromatic rings. The van der Waals surface area contributed by atoms with Crippen LogP contribution in [0.5, 0.6) is 0 Å². The highest BCUT2D eigenvalue weighted by Crippen LogP contribution is 2.21. The van der Waals surface area contributed by atoms with Gasteiger partial charge in [-0.25, -0.2) is 4.39 Å². The van der Waals surface area contributed by atoms with Crippen LogP contribution in [0.2, 0.25) is 5.02 Å². The van der Waals surface area contributed by atoms with Crippen LogP contribution in [0.15, 0.2) is 35.7 Å². The minimum Gasteiger partial charge on any atom is -0.305 e. The molecule has 0 saturated carbocycles. The molecule has 0 aliphatic carbocycles. The molecule has 4 heteroatoms. The van der Waals surface area contributed by atoms with Crippen molar-refractivity contribution < 1.29 is 4.39 Å². The Morgan fingerprint density at radius 1 is 1.35 bits per heavy atom. The minimum atomic E-state index is -0.333. The van der Waals surface area contributed by atoms with Crippen LogP contribution in [0.1, 0.15) is 23.4 Å². The summed E-state index contributed by atoms with van der Waals surface area (Å²) in [5.74, 6) is -0.333. The van der Waals surface area contributed by atoms with E-state index in [0.29, 0.717) is 12.1 Å². The Balaban J connectivity index is 2.00. The van der Waals surface area contributed by atoms with E-state index in [4.69, 9.17) is 11.6 Å². The van der Waals surface area contributed by atoms with Crippen molar-refractivity contribution >= 4 is 22.9 Å². The maximum Gasteiger partial charge on any atom is 0.146 e. The molecule has 0 saturated heterocycles. The zero-order chi connectivity index (χ0) is 12.3. The Morgan fingerprint density at radius 3 is 2.88 bits per heavy atom. The van der Waals surface area contributed by atoms with Crippen LogP contribution in [-0.2, 0) is 6.54 Å². The lowest BCUT2D eigenvalue weighted by Crippen LogP contribution is -2.17. The highest BCUT2D eigenvalue weighted by atomic mass is 35.5. The number of thiophene rings is 1. The van der Waals surface area contributed by atoms with E-state index in [1.54, 1.807) is 29.5 Å². The number of halogens is 2. The minimum absolute atomic E-state index is 0.174. The van der Waals surface area contributed by atoms with E-state index in [1.807, 2.05) is 11.4 Å². The summed E-state index contributed by atoms with van der Waals surface area (Å²) in [5.41, 5.74) is 0.598. The number of hydrogen-bond acceptors (Lipinski definition) is 2. The molecular formula is C13H13ClFNS. The third kappa shape index (κ3) is 3.06. The number of rotatable bonds is 4. The SMILES string of the molecule is C[C@H](NCc1cccc(Cl)c1F)c1cccs1. The van der Waals surface area contributed by atoms with Crippen molar-refractivity contribution in [2.24, 2.45) is 0 Å². The van der Waals surface area contributed by atoms with Crippen LogP contribution in [0.3, 0.4) is 0 Å². The highest BCUT2D eigenvalue weighted by molar-refractivity contribution is 7.10. The normalized spacial score (nSPS) is 12.6. The summed E-state index contributed by atoms with van der Waals surface area (Å²) in [7, 11) is 0. The van der Waals surface area contributed by atoms with E-state index >= 15 is 0 Å². The number of hydrogen-bond donors (Lipinski definition) is 1. The van der Waals surface area contributed by atoms with Crippen LogP contribution in [-0.4, -0.2) is 0 Å². The number of nitrogens with one attached hydrogen (secondary N) is 1. The fourth-order valence-corrected chi connectivity index (χ4v) is 2.54. The number of benzene rings is 1. The second-order valence-electron chi connectivity index (χ2n) is 3.83. The fraction of sp³-hybridized carbons (Fsp3) is 0.231. The van der Waals surface area contributed by atoms with Crippen molar-refractivity contribution in [3.8, 4) is 0 Å². The van der Waals surface area contributed by atoms with Gasteiger partial charge in [-0.15, -0.1) is 11.3 Å². The molecule has 0 fully saturated rings. The van der Waals surface area contributed by atoms with Crippen molar-refractivity contribution in [1.82, 2.24) is 5.32 Å². The largest absolute Gasteiger partial charge is 0.305 e. The summed E-state index contributed by atoms with van der Waals surface area (Å²) in [4.78, 5) is 1.24. The average Bonchev–Trinajstić information content (AvgIpc) is 2.84. The van der Waals surface area contributed by atoms with Gasteiger partial charge in [0.15, 0.2) is 0 Å².